The Morgan fingerprint density at radius 2 is 1.65 bits per heavy atom. The fraction of sp³-hybridized carbons (Fsp3) is 0.529. The summed E-state index contributed by atoms with van der Waals surface area (Å²) in [5.41, 5.74) is 0. The van der Waals surface area contributed by atoms with Crippen molar-refractivity contribution in [1.82, 2.24) is 4.90 Å². The summed E-state index contributed by atoms with van der Waals surface area (Å²) in [4.78, 5) is 25.7. The standard InChI is InChI=1S/C17H23NO5/c1-12(23-15-6-4-14(21-2)5-7-15)16(19)18-10-8-13(9-11-18)17(20)22-3/h4-7,12-13H,8-11H2,1-3H3/t12-/m0/s1. The molecule has 6 heteroatoms. The predicted octanol–water partition coefficient (Wildman–Crippen LogP) is 1.87. The van der Waals surface area contributed by atoms with Gasteiger partial charge in [0.05, 0.1) is 20.1 Å². The minimum Gasteiger partial charge on any atom is -0.497 e. The van der Waals surface area contributed by atoms with Crippen LogP contribution >= 0.6 is 0 Å². The van der Waals surface area contributed by atoms with E-state index in [-0.39, 0.29) is 17.8 Å². The highest BCUT2D eigenvalue weighted by Crippen LogP contribution is 2.21. The summed E-state index contributed by atoms with van der Waals surface area (Å²) >= 11 is 0. The molecule has 1 aliphatic heterocycles. The largest absolute Gasteiger partial charge is 0.497 e. The predicted molar refractivity (Wildman–Crippen MR) is 84.4 cm³/mol. The number of carbonyl (C=O) groups is 2. The highest BCUT2D eigenvalue weighted by Gasteiger charge is 2.30. The van der Waals surface area contributed by atoms with E-state index in [2.05, 4.69) is 0 Å². The van der Waals surface area contributed by atoms with Crippen molar-refractivity contribution in [2.75, 3.05) is 27.3 Å². The number of benzene rings is 1. The van der Waals surface area contributed by atoms with Crippen molar-refractivity contribution in [2.24, 2.45) is 5.92 Å². The van der Waals surface area contributed by atoms with Crippen molar-refractivity contribution in [1.29, 1.82) is 0 Å². The quantitative estimate of drug-likeness (QED) is 0.775. The van der Waals surface area contributed by atoms with Crippen LogP contribution < -0.4 is 9.47 Å². The van der Waals surface area contributed by atoms with Gasteiger partial charge in [0, 0.05) is 13.1 Å². The van der Waals surface area contributed by atoms with Gasteiger partial charge < -0.3 is 19.1 Å². The van der Waals surface area contributed by atoms with Crippen LogP contribution in [0, 0.1) is 5.92 Å². The Hall–Kier alpha value is -2.24. The van der Waals surface area contributed by atoms with Gasteiger partial charge in [-0.2, -0.15) is 0 Å². The summed E-state index contributed by atoms with van der Waals surface area (Å²) in [5, 5.41) is 0. The molecule has 0 aromatic heterocycles. The van der Waals surface area contributed by atoms with Gasteiger partial charge in [-0.3, -0.25) is 9.59 Å². The van der Waals surface area contributed by atoms with Crippen molar-refractivity contribution in [3.8, 4) is 11.5 Å². The Morgan fingerprint density at radius 3 is 2.17 bits per heavy atom. The molecule has 0 N–H and O–H groups in total. The molecule has 126 valence electrons. The highest BCUT2D eigenvalue weighted by atomic mass is 16.5. The first-order valence-electron chi connectivity index (χ1n) is 7.72. The number of methoxy groups -OCH3 is 2. The Morgan fingerprint density at radius 1 is 1.09 bits per heavy atom. The van der Waals surface area contributed by atoms with Gasteiger partial charge in [-0.25, -0.2) is 0 Å². The third-order valence-electron chi connectivity index (χ3n) is 4.06. The number of amides is 1. The van der Waals surface area contributed by atoms with E-state index in [1.807, 2.05) is 0 Å². The van der Waals surface area contributed by atoms with Gasteiger partial charge >= 0.3 is 5.97 Å². The summed E-state index contributed by atoms with van der Waals surface area (Å²) in [6, 6.07) is 7.11. The average molecular weight is 321 g/mol. The molecule has 0 spiro atoms. The number of hydrogen-bond acceptors (Lipinski definition) is 5. The third kappa shape index (κ3) is 4.37. The normalized spacial score (nSPS) is 16.6. The number of likely N-dealkylation sites (tertiary alicyclic amines) is 1. The van der Waals surface area contributed by atoms with Crippen LogP contribution in [0.1, 0.15) is 19.8 Å². The van der Waals surface area contributed by atoms with Gasteiger partial charge in [0.25, 0.3) is 5.91 Å². The van der Waals surface area contributed by atoms with Crippen molar-refractivity contribution < 1.29 is 23.8 Å². The van der Waals surface area contributed by atoms with Crippen LogP contribution in [0.2, 0.25) is 0 Å². The molecule has 1 fully saturated rings. The summed E-state index contributed by atoms with van der Waals surface area (Å²) in [6.45, 7) is 2.84. The third-order valence-corrected chi connectivity index (χ3v) is 4.06. The molecule has 0 aliphatic carbocycles. The Labute approximate surface area is 136 Å². The Bertz CT molecular complexity index is 534. The lowest BCUT2D eigenvalue weighted by molar-refractivity contribution is -0.150. The van der Waals surface area contributed by atoms with E-state index >= 15 is 0 Å². The second-order valence-electron chi connectivity index (χ2n) is 5.56. The zero-order valence-corrected chi connectivity index (χ0v) is 13.8. The van der Waals surface area contributed by atoms with Crippen molar-refractivity contribution >= 4 is 11.9 Å². The molecule has 2 rings (SSSR count). The van der Waals surface area contributed by atoms with Gasteiger partial charge in [-0.15, -0.1) is 0 Å². The molecule has 6 nitrogen and oxygen atoms in total. The average Bonchev–Trinajstić information content (AvgIpc) is 2.61. The molecule has 0 unspecified atom stereocenters. The first-order valence-corrected chi connectivity index (χ1v) is 7.72. The molecule has 1 amide bonds. The summed E-state index contributed by atoms with van der Waals surface area (Å²) in [7, 11) is 2.99. The van der Waals surface area contributed by atoms with Crippen LogP contribution in [-0.2, 0) is 14.3 Å². The molecule has 1 saturated heterocycles. The zero-order chi connectivity index (χ0) is 16.8. The number of rotatable bonds is 5. The van der Waals surface area contributed by atoms with Gasteiger partial charge in [0.1, 0.15) is 11.5 Å². The molecular weight excluding hydrogens is 298 g/mol. The molecule has 0 bridgehead atoms. The second kappa shape index (κ2) is 7.85. The van der Waals surface area contributed by atoms with Crippen LogP contribution in [0.3, 0.4) is 0 Å². The van der Waals surface area contributed by atoms with Gasteiger partial charge in [0.2, 0.25) is 0 Å². The van der Waals surface area contributed by atoms with E-state index in [0.717, 1.165) is 5.75 Å². The smallest absolute Gasteiger partial charge is 0.308 e. The van der Waals surface area contributed by atoms with E-state index in [4.69, 9.17) is 14.2 Å². The van der Waals surface area contributed by atoms with Gasteiger partial charge in [0.15, 0.2) is 6.10 Å². The SMILES string of the molecule is COC(=O)C1CCN(C(=O)[C@H](C)Oc2ccc(OC)cc2)CC1. The maximum Gasteiger partial charge on any atom is 0.308 e. The monoisotopic (exact) mass is 321 g/mol. The molecule has 0 radical (unpaired) electrons. The summed E-state index contributed by atoms with van der Waals surface area (Å²) in [6.07, 6.45) is 0.694. The van der Waals surface area contributed by atoms with Crippen LogP contribution in [0.4, 0.5) is 0 Å². The second-order valence-corrected chi connectivity index (χ2v) is 5.56. The number of nitrogens with zero attached hydrogens (tertiary/aromatic N) is 1. The zero-order valence-electron chi connectivity index (χ0n) is 13.8. The molecule has 1 aromatic rings. The molecule has 0 saturated carbocycles. The fourth-order valence-electron chi connectivity index (χ4n) is 2.67. The van der Waals surface area contributed by atoms with Crippen molar-refractivity contribution in [3.05, 3.63) is 24.3 Å². The number of carbonyl (C=O) groups excluding carboxylic acids is 2. The van der Waals surface area contributed by atoms with Crippen molar-refractivity contribution in [2.45, 2.75) is 25.9 Å². The maximum absolute atomic E-state index is 12.4. The van der Waals surface area contributed by atoms with E-state index < -0.39 is 6.10 Å². The van der Waals surface area contributed by atoms with Gasteiger partial charge in [-0.05, 0) is 44.0 Å². The minimum atomic E-state index is -0.571. The van der Waals surface area contributed by atoms with Crippen LogP contribution in [0.15, 0.2) is 24.3 Å². The van der Waals surface area contributed by atoms with E-state index in [1.165, 1.54) is 7.11 Å². The number of hydrogen-bond donors (Lipinski definition) is 0. The highest BCUT2D eigenvalue weighted by molar-refractivity contribution is 5.81. The molecular formula is C17H23NO5. The number of esters is 1. The van der Waals surface area contributed by atoms with Crippen LogP contribution in [0.5, 0.6) is 11.5 Å². The first-order chi connectivity index (χ1) is 11.0. The fourth-order valence-corrected chi connectivity index (χ4v) is 2.67. The van der Waals surface area contributed by atoms with E-state index in [0.29, 0.717) is 31.7 Å². The number of ether oxygens (including phenoxy) is 3. The first kappa shape index (κ1) is 17.1. The van der Waals surface area contributed by atoms with Crippen LogP contribution in [0.25, 0.3) is 0 Å². The molecule has 1 aliphatic rings. The summed E-state index contributed by atoms with van der Waals surface area (Å²) in [5.74, 6) is 0.989. The maximum atomic E-state index is 12.4. The molecule has 1 heterocycles. The number of piperidine rings is 1. The lowest BCUT2D eigenvalue weighted by Crippen LogP contribution is -2.45. The van der Waals surface area contributed by atoms with Crippen molar-refractivity contribution in [3.63, 3.8) is 0 Å². The van der Waals surface area contributed by atoms with Gasteiger partial charge in [-0.1, -0.05) is 0 Å². The van der Waals surface area contributed by atoms with E-state index in [9.17, 15) is 9.59 Å². The Balaban J connectivity index is 1.86. The molecule has 1 aromatic carbocycles. The lowest BCUT2D eigenvalue weighted by atomic mass is 9.97. The molecule has 1 atom stereocenters. The van der Waals surface area contributed by atoms with Crippen LogP contribution in [-0.4, -0.2) is 50.2 Å². The summed E-state index contributed by atoms with van der Waals surface area (Å²) < 4.78 is 15.5. The molecule has 23 heavy (non-hydrogen) atoms. The minimum absolute atomic E-state index is 0.0656. The topological polar surface area (TPSA) is 65.1 Å². The Kier molecular flexibility index (Phi) is 5.84. The van der Waals surface area contributed by atoms with E-state index in [1.54, 1.807) is 43.2 Å². The lowest BCUT2D eigenvalue weighted by Gasteiger charge is -2.32.